The Hall–Kier alpha value is -0.340. The monoisotopic (exact) mass is 659 g/mol. The molecule has 45 heavy (non-hydrogen) atoms. The van der Waals surface area contributed by atoms with Crippen LogP contribution in [0, 0.1) is 23.7 Å². The second kappa shape index (κ2) is 24.7. The first-order valence-electron chi connectivity index (χ1n) is 19.2. The van der Waals surface area contributed by atoms with Crippen LogP contribution in [0.1, 0.15) is 186 Å². The molecule has 2 heterocycles. The van der Waals surface area contributed by atoms with Gasteiger partial charge in [-0.3, -0.25) is 0 Å². The van der Waals surface area contributed by atoms with Gasteiger partial charge in [-0.05, 0) is 148 Å². The normalized spacial score (nSPS) is 28.0. The van der Waals surface area contributed by atoms with E-state index >= 15 is 0 Å². The van der Waals surface area contributed by atoms with Crippen molar-refractivity contribution >= 4 is 23.5 Å². The van der Waals surface area contributed by atoms with Crippen LogP contribution >= 0.6 is 23.5 Å². The fourth-order valence-electron chi connectivity index (χ4n) is 6.53. The molecule has 262 valence electrons. The van der Waals surface area contributed by atoms with Gasteiger partial charge in [0.05, 0.1) is 0 Å². The molecule has 4 aliphatic carbocycles. The lowest BCUT2D eigenvalue weighted by Gasteiger charge is -2.24. The molecular formula is C43H78S2. The second-order valence-corrected chi connectivity index (χ2v) is 18.0. The maximum atomic E-state index is 2.38. The molecule has 0 aromatic rings. The number of thioether (sulfide) groups is 2. The van der Waals surface area contributed by atoms with Crippen LogP contribution in [0.15, 0.2) is 43.9 Å². The van der Waals surface area contributed by atoms with Crippen LogP contribution in [-0.2, 0) is 0 Å². The van der Waals surface area contributed by atoms with Crippen LogP contribution in [0.5, 0.6) is 0 Å². The summed E-state index contributed by atoms with van der Waals surface area (Å²) in [6.45, 7) is 27.4. The molecule has 0 aromatic heterocycles. The lowest BCUT2D eigenvalue weighted by Crippen LogP contribution is -2.12. The van der Waals surface area contributed by atoms with Crippen LogP contribution in [0.3, 0.4) is 0 Å². The molecule has 2 saturated carbocycles. The fraction of sp³-hybridized carbons (Fsp3) is 0.814. The van der Waals surface area contributed by atoms with Crippen molar-refractivity contribution in [1.29, 1.82) is 0 Å². The number of hydrogen-bond donors (Lipinski definition) is 0. The molecule has 0 N–H and O–H groups in total. The highest BCUT2D eigenvalue weighted by Crippen LogP contribution is 2.31. The zero-order valence-corrected chi connectivity index (χ0v) is 34.2. The van der Waals surface area contributed by atoms with Crippen LogP contribution in [0.25, 0.3) is 0 Å². The SMILES string of the molecule is CC1=C(C)CCC1.CC1=C(C)CCCC1.CC1=C(C)CSCC1.CC1=C(C)SCC1.CC1CCCC1C.CC1CCCCC1C. The largest absolute Gasteiger partial charge is 0.157 e. The molecule has 4 unspecified atom stereocenters. The Kier molecular flexibility index (Phi) is 23.5. The Morgan fingerprint density at radius 3 is 0.978 bits per heavy atom. The Labute approximate surface area is 293 Å². The van der Waals surface area contributed by atoms with E-state index in [2.05, 4.69) is 83.1 Å². The first kappa shape index (κ1) is 42.7. The van der Waals surface area contributed by atoms with Crippen molar-refractivity contribution in [1.82, 2.24) is 0 Å². The predicted molar refractivity (Wildman–Crippen MR) is 214 cm³/mol. The fourth-order valence-corrected chi connectivity index (χ4v) is 8.74. The van der Waals surface area contributed by atoms with Gasteiger partial charge >= 0.3 is 0 Å². The molecule has 0 nitrogen and oxygen atoms in total. The van der Waals surface area contributed by atoms with Gasteiger partial charge in [-0.2, -0.15) is 11.8 Å². The van der Waals surface area contributed by atoms with Crippen molar-refractivity contribution in [2.75, 3.05) is 17.3 Å². The van der Waals surface area contributed by atoms with E-state index in [9.17, 15) is 0 Å². The zero-order chi connectivity index (χ0) is 33.8. The highest BCUT2D eigenvalue weighted by Gasteiger charge is 2.17. The predicted octanol–water partition coefficient (Wildman–Crippen LogP) is 15.6. The van der Waals surface area contributed by atoms with E-state index < -0.39 is 0 Å². The minimum Gasteiger partial charge on any atom is -0.157 e. The Bertz CT molecular complexity index is 817. The molecule has 0 saturated heterocycles. The average molecular weight is 659 g/mol. The van der Waals surface area contributed by atoms with Crippen molar-refractivity contribution in [3.8, 4) is 0 Å². The second-order valence-electron chi connectivity index (χ2n) is 15.6. The number of hydrogen-bond acceptors (Lipinski definition) is 2. The van der Waals surface area contributed by atoms with Gasteiger partial charge in [0.25, 0.3) is 0 Å². The van der Waals surface area contributed by atoms with Crippen molar-refractivity contribution < 1.29 is 0 Å². The third-order valence-corrected chi connectivity index (χ3v) is 14.1. The van der Waals surface area contributed by atoms with E-state index in [1.807, 2.05) is 23.5 Å². The van der Waals surface area contributed by atoms with Crippen molar-refractivity contribution in [3.63, 3.8) is 0 Å². The molecule has 0 amide bonds. The van der Waals surface area contributed by atoms with Gasteiger partial charge in [0.1, 0.15) is 0 Å². The quantitative estimate of drug-likeness (QED) is 0.238. The zero-order valence-electron chi connectivity index (χ0n) is 32.6. The maximum Gasteiger partial charge on any atom is 0.0143 e. The average Bonchev–Trinajstić information content (AvgIpc) is 3.71. The Morgan fingerprint density at radius 1 is 0.378 bits per heavy atom. The summed E-state index contributed by atoms with van der Waals surface area (Å²) in [5.41, 5.74) is 11.3. The first-order chi connectivity index (χ1) is 21.3. The van der Waals surface area contributed by atoms with Gasteiger partial charge in [0.2, 0.25) is 0 Å². The lowest BCUT2D eigenvalue weighted by molar-refractivity contribution is 0.277. The van der Waals surface area contributed by atoms with Gasteiger partial charge in [0, 0.05) is 11.5 Å². The summed E-state index contributed by atoms with van der Waals surface area (Å²) in [5, 5.41) is 0. The number of rotatable bonds is 0. The van der Waals surface area contributed by atoms with E-state index in [1.54, 1.807) is 43.9 Å². The minimum absolute atomic E-state index is 1.00. The Morgan fingerprint density at radius 2 is 0.756 bits per heavy atom. The highest BCUT2D eigenvalue weighted by atomic mass is 32.2. The summed E-state index contributed by atoms with van der Waals surface area (Å²) in [4.78, 5) is 1.54. The third-order valence-electron chi connectivity index (χ3n) is 11.8. The minimum atomic E-state index is 1.00. The molecular weight excluding hydrogens is 581 g/mol. The highest BCUT2D eigenvalue weighted by molar-refractivity contribution is 8.03. The molecule has 2 aliphatic heterocycles. The molecule has 4 atom stereocenters. The van der Waals surface area contributed by atoms with Crippen molar-refractivity contribution in [3.05, 3.63) is 43.9 Å². The lowest BCUT2D eigenvalue weighted by atomic mass is 9.82. The summed E-state index contributed by atoms with van der Waals surface area (Å²) >= 11 is 4.03. The van der Waals surface area contributed by atoms with Crippen LogP contribution < -0.4 is 0 Å². The molecule has 0 spiro atoms. The molecule has 0 radical (unpaired) electrons. The molecule has 2 fully saturated rings. The third kappa shape index (κ3) is 19.3. The van der Waals surface area contributed by atoms with Crippen LogP contribution in [0.4, 0.5) is 0 Å². The summed E-state index contributed by atoms with van der Waals surface area (Å²) in [7, 11) is 0. The van der Waals surface area contributed by atoms with Gasteiger partial charge in [-0.15, -0.1) is 11.8 Å². The molecule has 0 bridgehead atoms. The van der Waals surface area contributed by atoms with E-state index in [-0.39, 0.29) is 0 Å². The summed E-state index contributed by atoms with van der Waals surface area (Å²) in [5.74, 6) is 7.96. The number of allylic oxidation sites excluding steroid dienone is 7. The van der Waals surface area contributed by atoms with E-state index in [1.165, 1.54) is 120 Å². The van der Waals surface area contributed by atoms with Crippen molar-refractivity contribution in [2.45, 2.75) is 186 Å². The first-order valence-corrected chi connectivity index (χ1v) is 21.3. The molecule has 6 aliphatic rings. The summed E-state index contributed by atoms with van der Waals surface area (Å²) < 4.78 is 0. The smallest absolute Gasteiger partial charge is 0.0143 e. The molecule has 0 aromatic carbocycles. The van der Waals surface area contributed by atoms with E-state index in [0.717, 1.165) is 23.7 Å². The summed E-state index contributed by atoms with van der Waals surface area (Å²) in [6, 6.07) is 0. The molecule has 2 heteroatoms. The van der Waals surface area contributed by atoms with Gasteiger partial charge in [-0.25, -0.2) is 0 Å². The Balaban J connectivity index is 0.000000270. The van der Waals surface area contributed by atoms with Crippen LogP contribution in [0.2, 0.25) is 0 Å². The van der Waals surface area contributed by atoms with Gasteiger partial charge in [0.15, 0.2) is 0 Å². The standard InChI is InChI=1S/C8H16.C8H14.C7H12S.C7H14.C7H12.C6H10S/c2*1-7-5-3-4-6-8(7)2;1-6-3-4-8-5-7(6)2;2*1-6-4-3-5-7(6)2;1-5-3-4-7-6(5)2/h7-8H,3-6H2,1-2H3;3-6H2,1-2H3;3-5H2,1-2H3;6-7H,3-5H2,1-2H3;3-5H2,1-2H3;3-4H2,1-2H3. The van der Waals surface area contributed by atoms with E-state index in [4.69, 9.17) is 0 Å². The van der Waals surface area contributed by atoms with Crippen LogP contribution in [-0.4, -0.2) is 17.3 Å². The molecule has 6 rings (SSSR count). The topological polar surface area (TPSA) is 0 Å². The van der Waals surface area contributed by atoms with Gasteiger partial charge < -0.3 is 0 Å². The summed E-state index contributed by atoms with van der Waals surface area (Å²) in [6.07, 6.45) is 22.6. The van der Waals surface area contributed by atoms with Gasteiger partial charge in [-0.1, -0.05) is 112 Å². The van der Waals surface area contributed by atoms with Crippen molar-refractivity contribution in [2.24, 2.45) is 23.7 Å². The van der Waals surface area contributed by atoms with E-state index in [0.29, 0.717) is 0 Å². The maximum absolute atomic E-state index is 2.38.